The van der Waals surface area contributed by atoms with Crippen LogP contribution >= 0.6 is 35.1 Å². The highest BCUT2D eigenvalue weighted by atomic mass is 32.2. The van der Waals surface area contributed by atoms with Crippen molar-refractivity contribution >= 4 is 51.9 Å². The number of anilines is 2. The average molecular weight is 341 g/mol. The summed E-state index contributed by atoms with van der Waals surface area (Å²) in [5.41, 5.74) is 5.51. The van der Waals surface area contributed by atoms with Crippen molar-refractivity contribution in [2.45, 2.75) is 23.4 Å². The Morgan fingerprint density at radius 2 is 2.29 bits per heavy atom. The van der Waals surface area contributed by atoms with Crippen LogP contribution in [0.4, 0.5) is 10.9 Å². The first-order valence-electron chi connectivity index (χ1n) is 6.28. The average Bonchev–Trinajstić information content (AvgIpc) is 2.92. The molecule has 0 atom stereocenters. The van der Waals surface area contributed by atoms with Gasteiger partial charge in [0.1, 0.15) is 5.82 Å². The Hall–Kier alpha value is -1.32. The second kappa shape index (κ2) is 8.20. The number of nitrogen functional groups attached to an aromatic ring is 1. The van der Waals surface area contributed by atoms with Crippen molar-refractivity contribution in [1.29, 1.82) is 0 Å². The van der Waals surface area contributed by atoms with Crippen LogP contribution < -0.4 is 11.1 Å². The molecule has 0 aromatic carbocycles. The predicted molar refractivity (Wildman–Crippen MR) is 88.9 cm³/mol. The van der Waals surface area contributed by atoms with Gasteiger partial charge in [-0.15, -0.1) is 11.8 Å². The van der Waals surface area contributed by atoms with Crippen molar-refractivity contribution in [2.24, 2.45) is 0 Å². The van der Waals surface area contributed by atoms with Crippen LogP contribution in [0.5, 0.6) is 0 Å². The maximum atomic E-state index is 11.8. The van der Waals surface area contributed by atoms with Crippen LogP contribution in [0.15, 0.2) is 28.4 Å². The molecular formula is C12H15N5OS3. The first kappa shape index (κ1) is 16.1. The third-order valence-electron chi connectivity index (χ3n) is 2.22. The molecule has 1 amide bonds. The van der Waals surface area contributed by atoms with Gasteiger partial charge in [0.2, 0.25) is 16.2 Å². The Morgan fingerprint density at radius 1 is 1.43 bits per heavy atom. The number of thioether (sulfide) groups is 2. The lowest BCUT2D eigenvalue weighted by atomic mass is 10.5. The number of carbonyl (C=O) groups excluding carboxylic acids is 1. The minimum Gasteiger partial charge on any atom is -0.384 e. The zero-order valence-corrected chi connectivity index (χ0v) is 13.9. The highest BCUT2D eigenvalue weighted by Crippen LogP contribution is 2.21. The Labute approximate surface area is 135 Å². The number of pyridine rings is 1. The minimum atomic E-state index is -0.111. The zero-order valence-electron chi connectivity index (χ0n) is 11.4. The molecule has 2 heterocycles. The molecule has 0 unspecified atom stereocenters. The molecule has 0 radical (unpaired) electrons. The molecule has 2 aromatic rings. The lowest BCUT2D eigenvalue weighted by molar-refractivity contribution is -0.113. The molecule has 6 nitrogen and oxygen atoms in total. The molecule has 0 saturated carbocycles. The number of aromatic nitrogens is 3. The van der Waals surface area contributed by atoms with E-state index >= 15 is 0 Å². The lowest BCUT2D eigenvalue weighted by Crippen LogP contribution is -2.13. The number of rotatable bonds is 7. The van der Waals surface area contributed by atoms with Gasteiger partial charge >= 0.3 is 0 Å². The van der Waals surface area contributed by atoms with E-state index in [0.29, 0.717) is 21.9 Å². The SMILES string of the molecule is CCCSc1nsc(NC(=O)CSc2ccc(N)nc2)n1. The first-order chi connectivity index (χ1) is 10.2. The quantitative estimate of drug-likeness (QED) is 0.748. The Kier molecular flexibility index (Phi) is 6.27. The standard InChI is InChI=1S/C12H15N5OS3/c1-2-5-19-12-16-11(21-17-12)15-10(18)7-20-8-3-4-9(13)14-6-8/h3-4,6H,2,5,7H2,1H3,(H2,13,14)(H,15,16,17,18). The number of amides is 1. The van der Waals surface area contributed by atoms with Crippen molar-refractivity contribution in [3.8, 4) is 0 Å². The number of carbonyl (C=O) groups is 1. The highest BCUT2D eigenvalue weighted by molar-refractivity contribution is 8.00. The van der Waals surface area contributed by atoms with Gasteiger partial charge in [-0.05, 0) is 18.6 Å². The van der Waals surface area contributed by atoms with E-state index in [-0.39, 0.29) is 5.91 Å². The number of nitrogens with zero attached hydrogens (tertiary/aromatic N) is 3. The molecule has 9 heteroatoms. The van der Waals surface area contributed by atoms with E-state index < -0.39 is 0 Å². The van der Waals surface area contributed by atoms with E-state index in [9.17, 15) is 4.79 Å². The summed E-state index contributed by atoms with van der Waals surface area (Å²) in [5.74, 6) is 1.63. The second-order valence-corrected chi connectivity index (χ2v) is 6.85. The fourth-order valence-electron chi connectivity index (χ4n) is 1.29. The maximum absolute atomic E-state index is 11.8. The van der Waals surface area contributed by atoms with Crippen molar-refractivity contribution in [3.05, 3.63) is 18.3 Å². The van der Waals surface area contributed by atoms with E-state index in [1.54, 1.807) is 24.0 Å². The Balaban J connectivity index is 1.78. The zero-order chi connectivity index (χ0) is 15.1. The van der Waals surface area contributed by atoms with Crippen LogP contribution in [0.2, 0.25) is 0 Å². The van der Waals surface area contributed by atoms with Crippen LogP contribution in [0.1, 0.15) is 13.3 Å². The van der Waals surface area contributed by atoms with Gasteiger partial charge < -0.3 is 5.73 Å². The molecule has 3 N–H and O–H groups in total. The maximum Gasteiger partial charge on any atom is 0.236 e. The molecule has 2 aromatic heterocycles. The summed E-state index contributed by atoms with van der Waals surface area (Å²) in [4.78, 5) is 21.0. The van der Waals surface area contributed by atoms with Gasteiger partial charge in [-0.25, -0.2) is 4.98 Å². The molecule has 0 aliphatic carbocycles. The number of hydrogen-bond acceptors (Lipinski definition) is 8. The van der Waals surface area contributed by atoms with Gasteiger partial charge in [0, 0.05) is 28.4 Å². The Bertz CT molecular complexity index is 587. The molecule has 0 spiro atoms. The number of nitrogens with two attached hydrogens (primary N) is 1. The summed E-state index contributed by atoms with van der Waals surface area (Å²) in [6, 6.07) is 3.55. The van der Waals surface area contributed by atoms with Gasteiger partial charge in [-0.1, -0.05) is 18.7 Å². The van der Waals surface area contributed by atoms with Gasteiger partial charge in [-0.3, -0.25) is 10.1 Å². The fourth-order valence-corrected chi connectivity index (χ4v) is 3.37. The van der Waals surface area contributed by atoms with Gasteiger partial charge in [0.15, 0.2) is 0 Å². The number of hydrogen-bond donors (Lipinski definition) is 2. The summed E-state index contributed by atoms with van der Waals surface area (Å²) < 4.78 is 4.18. The summed E-state index contributed by atoms with van der Waals surface area (Å²) >= 11 is 4.19. The van der Waals surface area contributed by atoms with Crippen molar-refractivity contribution in [3.63, 3.8) is 0 Å². The molecule has 112 valence electrons. The van der Waals surface area contributed by atoms with Crippen molar-refractivity contribution in [1.82, 2.24) is 14.3 Å². The molecule has 0 saturated heterocycles. The van der Waals surface area contributed by atoms with E-state index in [0.717, 1.165) is 17.1 Å². The lowest BCUT2D eigenvalue weighted by Gasteiger charge is -2.01. The molecule has 2 rings (SSSR count). The molecule has 0 bridgehead atoms. The predicted octanol–water partition coefficient (Wildman–Crippen LogP) is 2.75. The van der Waals surface area contributed by atoms with E-state index in [2.05, 4.69) is 26.6 Å². The summed E-state index contributed by atoms with van der Waals surface area (Å²) in [7, 11) is 0. The van der Waals surface area contributed by atoms with Crippen LogP contribution in [-0.4, -0.2) is 31.8 Å². The summed E-state index contributed by atoms with van der Waals surface area (Å²) in [6.45, 7) is 2.10. The third-order valence-corrected chi connectivity index (χ3v) is 5.00. The van der Waals surface area contributed by atoms with E-state index in [4.69, 9.17) is 5.73 Å². The monoisotopic (exact) mass is 341 g/mol. The van der Waals surface area contributed by atoms with Crippen molar-refractivity contribution < 1.29 is 4.79 Å². The van der Waals surface area contributed by atoms with E-state index in [1.165, 1.54) is 23.3 Å². The molecule has 21 heavy (non-hydrogen) atoms. The van der Waals surface area contributed by atoms with Crippen LogP contribution in [0, 0.1) is 0 Å². The molecule has 0 fully saturated rings. The molecular weight excluding hydrogens is 326 g/mol. The van der Waals surface area contributed by atoms with Crippen molar-refractivity contribution in [2.75, 3.05) is 22.6 Å². The first-order valence-corrected chi connectivity index (χ1v) is 9.02. The van der Waals surface area contributed by atoms with E-state index in [1.807, 2.05) is 6.07 Å². The summed E-state index contributed by atoms with van der Waals surface area (Å²) in [5, 5.41) is 4.00. The summed E-state index contributed by atoms with van der Waals surface area (Å²) in [6.07, 6.45) is 2.72. The smallest absolute Gasteiger partial charge is 0.236 e. The topological polar surface area (TPSA) is 93.8 Å². The largest absolute Gasteiger partial charge is 0.384 e. The molecule has 0 aliphatic rings. The van der Waals surface area contributed by atoms with Crippen LogP contribution in [-0.2, 0) is 4.79 Å². The number of nitrogens with one attached hydrogen (secondary N) is 1. The third kappa shape index (κ3) is 5.52. The van der Waals surface area contributed by atoms with Gasteiger partial charge in [-0.2, -0.15) is 9.36 Å². The second-order valence-electron chi connectivity index (χ2n) is 3.99. The van der Waals surface area contributed by atoms with Gasteiger partial charge in [0.05, 0.1) is 5.75 Å². The highest BCUT2D eigenvalue weighted by Gasteiger charge is 2.09. The van der Waals surface area contributed by atoms with Crippen LogP contribution in [0.25, 0.3) is 0 Å². The fraction of sp³-hybridized carbons (Fsp3) is 0.333. The Morgan fingerprint density at radius 3 is 3.00 bits per heavy atom. The normalized spacial score (nSPS) is 10.5. The molecule has 0 aliphatic heterocycles. The van der Waals surface area contributed by atoms with Gasteiger partial charge in [0.25, 0.3) is 0 Å². The van der Waals surface area contributed by atoms with Crippen LogP contribution in [0.3, 0.4) is 0 Å². The minimum absolute atomic E-state index is 0.111.